The first-order chi connectivity index (χ1) is 10.6. The van der Waals surface area contributed by atoms with Crippen LogP contribution in [0, 0.1) is 0 Å². The average Bonchev–Trinajstić information content (AvgIpc) is 2.89. The number of amides is 2. The van der Waals surface area contributed by atoms with Crippen LogP contribution in [-0.2, 0) is 18.2 Å². The minimum absolute atomic E-state index is 0.00165. The van der Waals surface area contributed by atoms with Crippen molar-refractivity contribution in [1.29, 1.82) is 0 Å². The normalized spacial score (nSPS) is 23.6. The Morgan fingerprint density at radius 2 is 2.32 bits per heavy atom. The Hall–Kier alpha value is -1.60. The Morgan fingerprint density at radius 1 is 1.55 bits per heavy atom. The van der Waals surface area contributed by atoms with Crippen LogP contribution in [0.15, 0.2) is 6.20 Å². The molecule has 1 unspecified atom stereocenters. The van der Waals surface area contributed by atoms with Crippen LogP contribution in [-0.4, -0.2) is 46.3 Å². The van der Waals surface area contributed by atoms with Crippen LogP contribution >= 0.6 is 0 Å². The Bertz CT molecular complexity index is 537. The summed E-state index contributed by atoms with van der Waals surface area (Å²) in [4.78, 5) is 12.1. The molecule has 0 aromatic carbocycles. The molecule has 2 heterocycles. The summed E-state index contributed by atoms with van der Waals surface area (Å²) in [5.41, 5.74) is 1.45. The second-order valence-corrected chi connectivity index (χ2v) is 6.28. The minimum Gasteiger partial charge on any atom is -0.388 e. The van der Waals surface area contributed by atoms with E-state index in [0.29, 0.717) is 26.1 Å². The van der Waals surface area contributed by atoms with Gasteiger partial charge in [-0.3, -0.25) is 4.68 Å². The van der Waals surface area contributed by atoms with Gasteiger partial charge in [0, 0.05) is 50.9 Å². The number of urea groups is 1. The van der Waals surface area contributed by atoms with Crippen LogP contribution < -0.4 is 10.6 Å². The van der Waals surface area contributed by atoms with Crippen LogP contribution in [0.1, 0.15) is 43.0 Å². The lowest BCUT2D eigenvalue weighted by Gasteiger charge is -2.32. The maximum absolute atomic E-state index is 12.1. The van der Waals surface area contributed by atoms with E-state index in [1.807, 2.05) is 17.9 Å². The van der Waals surface area contributed by atoms with Gasteiger partial charge in [-0.05, 0) is 19.3 Å². The summed E-state index contributed by atoms with van der Waals surface area (Å²) in [6.45, 7) is 1.34. The number of carbonyl (C=O) groups excluding carboxylic acids is 1. The standard InChI is InChI=1S/C15H24N4O3/c1-19-13-4-2-3-12(11(13)9-17-19)18-14(20)16-10-15(21)5-7-22-8-6-15/h9,12,21H,2-8,10H2,1H3,(H2,16,18,20). The fourth-order valence-electron chi connectivity index (χ4n) is 3.24. The van der Waals surface area contributed by atoms with E-state index in [1.54, 1.807) is 0 Å². The third-order valence-electron chi connectivity index (χ3n) is 4.68. The highest BCUT2D eigenvalue weighted by Crippen LogP contribution is 2.29. The number of nitrogens with zero attached hydrogens (tertiary/aromatic N) is 2. The van der Waals surface area contributed by atoms with Gasteiger partial charge in [0.05, 0.1) is 17.8 Å². The van der Waals surface area contributed by atoms with Crippen LogP contribution in [0.25, 0.3) is 0 Å². The number of carbonyl (C=O) groups is 1. The minimum atomic E-state index is -0.846. The highest BCUT2D eigenvalue weighted by Gasteiger charge is 2.31. The molecule has 2 amide bonds. The predicted molar refractivity (Wildman–Crippen MR) is 80.4 cm³/mol. The lowest BCUT2D eigenvalue weighted by Crippen LogP contribution is -2.49. The fraction of sp³-hybridized carbons (Fsp3) is 0.733. The van der Waals surface area contributed by atoms with Gasteiger partial charge in [-0.1, -0.05) is 0 Å². The van der Waals surface area contributed by atoms with Crippen molar-refractivity contribution >= 4 is 6.03 Å². The summed E-state index contributed by atoms with van der Waals surface area (Å²) in [5, 5.41) is 20.4. The molecule has 1 aromatic rings. The van der Waals surface area contributed by atoms with E-state index in [9.17, 15) is 9.90 Å². The first-order valence-electron chi connectivity index (χ1n) is 7.93. The zero-order valence-electron chi connectivity index (χ0n) is 13.0. The molecule has 7 heteroatoms. The van der Waals surface area contributed by atoms with Gasteiger partial charge in [-0.2, -0.15) is 5.10 Å². The van der Waals surface area contributed by atoms with E-state index >= 15 is 0 Å². The van der Waals surface area contributed by atoms with E-state index in [-0.39, 0.29) is 18.6 Å². The largest absolute Gasteiger partial charge is 0.388 e. The van der Waals surface area contributed by atoms with E-state index in [2.05, 4.69) is 15.7 Å². The summed E-state index contributed by atoms with van der Waals surface area (Å²) in [6, 6.07) is -0.233. The number of aromatic nitrogens is 2. The van der Waals surface area contributed by atoms with Crippen molar-refractivity contribution in [2.45, 2.75) is 43.7 Å². The van der Waals surface area contributed by atoms with E-state index in [4.69, 9.17) is 4.74 Å². The van der Waals surface area contributed by atoms with Gasteiger partial charge < -0.3 is 20.5 Å². The summed E-state index contributed by atoms with van der Waals surface area (Å²) in [6.07, 6.45) is 5.92. The smallest absolute Gasteiger partial charge is 0.315 e. The van der Waals surface area contributed by atoms with E-state index in [1.165, 1.54) is 5.69 Å². The molecule has 1 saturated heterocycles. The highest BCUT2D eigenvalue weighted by atomic mass is 16.5. The third kappa shape index (κ3) is 3.25. The second kappa shape index (κ2) is 6.26. The quantitative estimate of drug-likeness (QED) is 0.764. The molecule has 22 heavy (non-hydrogen) atoms. The Morgan fingerprint density at radius 3 is 3.09 bits per heavy atom. The first-order valence-corrected chi connectivity index (χ1v) is 7.93. The number of aliphatic hydroxyl groups is 1. The van der Waals surface area contributed by atoms with Crippen LogP contribution in [0.5, 0.6) is 0 Å². The van der Waals surface area contributed by atoms with Gasteiger partial charge in [-0.25, -0.2) is 4.79 Å². The molecule has 7 nitrogen and oxygen atoms in total. The number of aryl methyl sites for hydroxylation is 1. The van der Waals surface area contributed by atoms with Crippen molar-refractivity contribution in [2.75, 3.05) is 19.8 Å². The second-order valence-electron chi connectivity index (χ2n) is 6.28. The SMILES string of the molecule is Cn1ncc2c1CCCC2NC(=O)NCC1(O)CCOCC1. The van der Waals surface area contributed by atoms with Crippen molar-refractivity contribution < 1.29 is 14.6 Å². The number of hydrogen-bond donors (Lipinski definition) is 3. The van der Waals surface area contributed by atoms with Crippen molar-refractivity contribution in [2.24, 2.45) is 7.05 Å². The summed E-state index contributed by atoms with van der Waals surface area (Å²) in [5.74, 6) is 0. The monoisotopic (exact) mass is 308 g/mol. The fourth-order valence-corrected chi connectivity index (χ4v) is 3.24. The Kier molecular flexibility index (Phi) is 4.35. The van der Waals surface area contributed by atoms with Crippen molar-refractivity contribution in [3.63, 3.8) is 0 Å². The van der Waals surface area contributed by atoms with Gasteiger partial charge in [0.2, 0.25) is 0 Å². The van der Waals surface area contributed by atoms with Gasteiger partial charge in [0.25, 0.3) is 0 Å². The zero-order chi connectivity index (χ0) is 15.6. The molecule has 3 N–H and O–H groups in total. The molecule has 2 aliphatic rings. The van der Waals surface area contributed by atoms with Crippen molar-refractivity contribution in [1.82, 2.24) is 20.4 Å². The lowest BCUT2D eigenvalue weighted by atomic mass is 9.93. The van der Waals surface area contributed by atoms with Crippen LogP contribution in [0.4, 0.5) is 4.79 Å². The Balaban J connectivity index is 1.54. The zero-order valence-corrected chi connectivity index (χ0v) is 13.0. The lowest BCUT2D eigenvalue weighted by molar-refractivity contribution is -0.0600. The first kappa shape index (κ1) is 15.3. The molecule has 0 bridgehead atoms. The van der Waals surface area contributed by atoms with Gasteiger partial charge in [0.15, 0.2) is 0 Å². The summed E-state index contributed by atoms with van der Waals surface area (Å²) in [7, 11) is 1.93. The maximum atomic E-state index is 12.1. The van der Waals surface area contributed by atoms with Crippen molar-refractivity contribution in [3.05, 3.63) is 17.5 Å². The molecule has 1 aliphatic heterocycles. The van der Waals surface area contributed by atoms with Crippen LogP contribution in [0.3, 0.4) is 0 Å². The number of rotatable bonds is 3. The van der Waals surface area contributed by atoms with Gasteiger partial charge in [0.1, 0.15) is 0 Å². The molecular weight excluding hydrogens is 284 g/mol. The predicted octanol–water partition coefficient (Wildman–Crippen LogP) is 0.638. The summed E-state index contributed by atoms with van der Waals surface area (Å²) >= 11 is 0. The van der Waals surface area contributed by atoms with E-state index in [0.717, 1.165) is 24.8 Å². The van der Waals surface area contributed by atoms with Crippen molar-refractivity contribution in [3.8, 4) is 0 Å². The third-order valence-corrected chi connectivity index (χ3v) is 4.68. The molecule has 1 aromatic heterocycles. The number of hydrogen-bond acceptors (Lipinski definition) is 4. The molecule has 1 atom stereocenters. The molecule has 1 fully saturated rings. The number of nitrogens with one attached hydrogen (secondary N) is 2. The highest BCUT2D eigenvalue weighted by molar-refractivity contribution is 5.74. The molecule has 3 rings (SSSR count). The molecule has 0 radical (unpaired) electrons. The van der Waals surface area contributed by atoms with Crippen LogP contribution in [0.2, 0.25) is 0 Å². The molecule has 0 saturated carbocycles. The molecule has 1 aliphatic carbocycles. The van der Waals surface area contributed by atoms with Gasteiger partial charge in [-0.15, -0.1) is 0 Å². The molecule has 122 valence electrons. The number of ether oxygens (including phenoxy) is 1. The Labute approximate surface area is 130 Å². The average molecular weight is 308 g/mol. The maximum Gasteiger partial charge on any atom is 0.315 e. The molecule has 0 spiro atoms. The number of fused-ring (bicyclic) bond motifs is 1. The van der Waals surface area contributed by atoms with Gasteiger partial charge >= 0.3 is 6.03 Å². The molecular formula is C15H24N4O3. The topological polar surface area (TPSA) is 88.4 Å². The van der Waals surface area contributed by atoms with E-state index < -0.39 is 5.60 Å². The summed E-state index contributed by atoms with van der Waals surface area (Å²) < 4.78 is 7.12.